The first-order valence-corrected chi connectivity index (χ1v) is 11.3. The minimum atomic E-state index is -0.810. The van der Waals surface area contributed by atoms with Crippen LogP contribution in [0.15, 0.2) is 65.6 Å². The standard InChI is InChI=1S/C24H16FN3O8S/c1-35-20-8-4-15(10-21(20)36-19-9-7-17(27(31)32)12-18(19)28(33)34)11-22-23(29)26(24(30)37-22)13-14-2-5-16(25)6-3-14/h2-12H,13H2,1H3/b22-11-. The second kappa shape index (κ2) is 10.5. The van der Waals surface area contributed by atoms with E-state index in [2.05, 4.69) is 0 Å². The Morgan fingerprint density at radius 1 is 0.946 bits per heavy atom. The van der Waals surface area contributed by atoms with Crippen molar-refractivity contribution in [1.82, 2.24) is 4.90 Å². The van der Waals surface area contributed by atoms with Gasteiger partial charge in [-0.3, -0.25) is 34.7 Å². The molecule has 1 aliphatic heterocycles. The molecule has 1 saturated heterocycles. The second-order valence-electron chi connectivity index (χ2n) is 7.57. The van der Waals surface area contributed by atoms with Gasteiger partial charge in [0.1, 0.15) is 5.82 Å². The summed E-state index contributed by atoms with van der Waals surface area (Å²) in [7, 11) is 1.35. The molecule has 3 aromatic rings. The number of hydrogen-bond acceptors (Lipinski definition) is 9. The van der Waals surface area contributed by atoms with Gasteiger partial charge in [0.2, 0.25) is 5.75 Å². The maximum atomic E-state index is 13.2. The van der Waals surface area contributed by atoms with E-state index in [9.17, 15) is 34.2 Å². The van der Waals surface area contributed by atoms with Gasteiger partial charge in [0.25, 0.3) is 16.8 Å². The van der Waals surface area contributed by atoms with Gasteiger partial charge < -0.3 is 9.47 Å². The van der Waals surface area contributed by atoms with Crippen LogP contribution >= 0.6 is 11.8 Å². The fourth-order valence-corrected chi connectivity index (χ4v) is 4.23. The zero-order valence-electron chi connectivity index (χ0n) is 19.0. The number of rotatable bonds is 8. The summed E-state index contributed by atoms with van der Waals surface area (Å²) in [6, 6.07) is 12.9. The van der Waals surface area contributed by atoms with E-state index in [4.69, 9.17) is 9.47 Å². The lowest BCUT2D eigenvalue weighted by Crippen LogP contribution is -2.27. The summed E-state index contributed by atoms with van der Waals surface area (Å²) in [6.45, 7) is -0.0247. The van der Waals surface area contributed by atoms with Crippen LogP contribution in [0.3, 0.4) is 0 Å². The van der Waals surface area contributed by atoms with Gasteiger partial charge in [-0.2, -0.15) is 0 Å². The number of nitrogens with zero attached hydrogens (tertiary/aromatic N) is 3. The van der Waals surface area contributed by atoms with E-state index in [1.54, 1.807) is 6.07 Å². The molecule has 0 saturated carbocycles. The van der Waals surface area contributed by atoms with Crippen LogP contribution in [-0.4, -0.2) is 33.0 Å². The largest absolute Gasteiger partial charge is 0.493 e. The number of benzene rings is 3. The fraction of sp³-hybridized carbons (Fsp3) is 0.0833. The Labute approximate surface area is 212 Å². The molecule has 0 N–H and O–H groups in total. The molecule has 0 bridgehead atoms. The van der Waals surface area contributed by atoms with Gasteiger partial charge in [-0.1, -0.05) is 18.2 Å². The Hall–Kier alpha value is -4.78. The van der Waals surface area contributed by atoms with E-state index in [0.29, 0.717) is 11.1 Å². The summed E-state index contributed by atoms with van der Waals surface area (Å²) in [5, 5.41) is 21.9. The zero-order chi connectivity index (χ0) is 26.7. The van der Waals surface area contributed by atoms with E-state index in [1.807, 2.05) is 0 Å². The highest BCUT2D eigenvalue weighted by Crippen LogP contribution is 2.40. The van der Waals surface area contributed by atoms with Crippen molar-refractivity contribution in [2.45, 2.75) is 6.54 Å². The Morgan fingerprint density at radius 2 is 1.65 bits per heavy atom. The Bertz CT molecular complexity index is 1460. The molecule has 0 aliphatic carbocycles. The van der Waals surface area contributed by atoms with E-state index >= 15 is 0 Å². The number of hydrogen-bond donors (Lipinski definition) is 0. The lowest BCUT2D eigenvalue weighted by atomic mass is 10.1. The lowest BCUT2D eigenvalue weighted by Gasteiger charge is -2.12. The van der Waals surface area contributed by atoms with Crippen LogP contribution in [0.4, 0.5) is 20.6 Å². The van der Waals surface area contributed by atoms with Crippen molar-refractivity contribution in [3.8, 4) is 17.2 Å². The van der Waals surface area contributed by atoms with E-state index in [0.717, 1.165) is 34.9 Å². The quantitative estimate of drug-likeness (QED) is 0.206. The maximum Gasteiger partial charge on any atom is 0.318 e. The number of methoxy groups -OCH3 is 1. The normalized spacial score (nSPS) is 14.2. The summed E-state index contributed by atoms with van der Waals surface area (Å²) < 4.78 is 24.1. The van der Waals surface area contributed by atoms with Crippen molar-refractivity contribution in [1.29, 1.82) is 0 Å². The third-order valence-corrected chi connectivity index (χ3v) is 6.09. The van der Waals surface area contributed by atoms with Crippen molar-refractivity contribution in [2.75, 3.05) is 7.11 Å². The third-order valence-electron chi connectivity index (χ3n) is 5.18. The molecule has 0 radical (unpaired) electrons. The van der Waals surface area contributed by atoms with Crippen LogP contribution in [-0.2, 0) is 11.3 Å². The first kappa shape index (κ1) is 25.3. The SMILES string of the molecule is COc1ccc(/C=C2\SC(=O)N(Cc3ccc(F)cc3)C2=O)cc1Oc1ccc([N+](=O)[O-])cc1[N+](=O)[O-]. The predicted octanol–water partition coefficient (Wildman–Crippen LogP) is 5.68. The molecule has 1 fully saturated rings. The highest BCUT2D eigenvalue weighted by molar-refractivity contribution is 8.18. The van der Waals surface area contributed by atoms with Crippen molar-refractivity contribution in [3.05, 3.63) is 103 Å². The first-order chi connectivity index (χ1) is 17.7. The first-order valence-electron chi connectivity index (χ1n) is 10.4. The molecule has 1 aliphatic rings. The second-order valence-corrected chi connectivity index (χ2v) is 8.57. The minimum Gasteiger partial charge on any atom is -0.493 e. The Kier molecular flexibility index (Phi) is 7.15. The fourth-order valence-electron chi connectivity index (χ4n) is 3.39. The summed E-state index contributed by atoms with van der Waals surface area (Å²) in [6.07, 6.45) is 1.45. The molecule has 0 aromatic heterocycles. The lowest BCUT2D eigenvalue weighted by molar-refractivity contribution is -0.394. The number of nitro groups is 2. The minimum absolute atomic E-state index is 0.0247. The molecule has 188 valence electrons. The number of ether oxygens (including phenoxy) is 2. The highest BCUT2D eigenvalue weighted by atomic mass is 32.2. The van der Waals surface area contributed by atoms with Crippen LogP contribution in [0.2, 0.25) is 0 Å². The molecule has 0 unspecified atom stereocenters. The number of carbonyl (C=O) groups excluding carboxylic acids is 2. The summed E-state index contributed by atoms with van der Waals surface area (Å²) in [5.74, 6) is -0.989. The monoisotopic (exact) mass is 525 g/mol. The average Bonchev–Trinajstić information content (AvgIpc) is 3.12. The topological polar surface area (TPSA) is 142 Å². The van der Waals surface area contributed by atoms with Crippen molar-refractivity contribution >= 4 is 40.4 Å². The van der Waals surface area contributed by atoms with Crippen molar-refractivity contribution in [3.63, 3.8) is 0 Å². The molecule has 0 atom stereocenters. The van der Waals surface area contributed by atoms with Crippen LogP contribution in [0.25, 0.3) is 6.08 Å². The zero-order valence-corrected chi connectivity index (χ0v) is 19.8. The Morgan fingerprint density at radius 3 is 2.30 bits per heavy atom. The smallest absolute Gasteiger partial charge is 0.318 e. The summed E-state index contributed by atoms with van der Waals surface area (Å²) in [4.78, 5) is 47.3. The van der Waals surface area contributed by atoms with Gasteiger partial charge in [-0.15, -0.1) is 0 Å². The van der Waals surface area contributed by atoms with Crippen molar-refractivity contribution < 1.29 is 33.3 Å². The summed E-state index contributed by atoms with van der Waals surface area (Å²) in [5.41, 5.74) is -0.0953. The molecular formula is C24H16FN3O8S. The molecule has 37 heavy (non-hydrogen) atoms. The van der Waals surface area contributed by atoms with Gasteiger partial charge >= 0.3 is 5.69 Å². The number of thioether (sulfide) groups is 1. The Balaban J connectivity index is 1.61. The van der Waals surface area contributed by atoms with E-state index in [-0.39, 0.29) is 28.7 Å². The number of halogens is 1. The molecule has 0 spiro atoms. The molecule has 1 heterocycles. The van der Waals surface area contributed by atoms with Gasteiger partial charge in [-0.25, -0.2) is 4.39 Å². The molecule has 2 amide bonds. The van der Waals surface area contributed by atoms with Crippen LogP contribution in [0.1, 0.15) is 11.1 Å². The molecular weight excluding hydrogens is 509 g/mol. The number of imide groups is 1. The average molecular weight is 525 g/mol. The van der Waals surface area contributed by atoms with Gasteiger partial charge in [-0.05, 0) is 59.3 Å². The van der Waals surface area contributed by atoms with Gasteiger partial charge in [0, 0.05) is 6.07 Å². The van der Waals surface area contributed by atoms with Gasteiger partial charge in [0.05, 0.1) is 34.5 Å². The predicted molar refractivity (Wildman–Crippen MR) is 131 cm³/mol. The molecule has 13 heteroatoms. The highest BCUT2D eigenvalue weighted by Gasteiger charge is 2.35. The number of carbonyl (C=O) groups is 2. The molecule has 4 rings (SSSR count). The summed E-state index contributed by atoms with van der Waals surface area (Å²) >= 11 is 0.729. The van der Waals surface area contributed by atoms with Crippen LogP contribution < -0.4 is 9.47 Å². The van der Waals surface area contributed by atoms with Crippen molar-refractivity contribution in [2.24, 2.45) is 0 Å². The number of non-ortho nitro benzene ring substituents is 1. The maximum absolute atomic E-state index is 13.2. The molecule has 11 nitrogen and oxygen atoms in total. The van der Waals surface area contributed by atoms with Crippen LogP contribution in [0, 0.1) is 26.0 Å². The third kappa shape index (κ3) is 5.56. The van der Waals surface area contributed by atoms with Crippen LogP contribution in [0.5, 0.6) is 17.2 Å². The molecule has 3 aromatic carbocycles. The number of nitro benzene ring substituents is 2. The van der Waals surface area contributed by atoms with Gasteiger partial charge in [0.15, 0.2) is 11.5 Å². The number of amides is 2. The van der Waals surface area contributed by atoms with E-state index < -0.39 is 38.2 Å². The van der Waals surface area contributed by atoms with E-state index in [1.165, 1.54) is 49.6 Å².